The van der Waals surface area contributed by atoms with E-state index in [1.165, 1.54) is 0 Å². The Hall–Kier alpha value is -2.95. The van der Waals surface area contributed by atoms with E-state index in [-0.39, 0.29) is 23.5 Å². The van der Waals surface area contributed by atoms with Crippen LogP contribution < -0.4 is 5.73 Å². The Morgan fingerprint density at radius 3 is 2.65 bits per heavy atom. The van der Waals surface area contributed by atoms with Crippen molar-refractivity contribution >= 4 is 28.1 Å². The molecule has 0 radical (unpaired) electrons. The maximum absolute atomic E-state index is 13.8. The fourth-order valence-corrected chi connectivity index (χ4v) is 10.4. The summed E-state index contributed by atoms with van der Waals surface area (Å²) in [5.41, 5.74) is 5.41. The highest BCUT2D eigenvalue weighted by Crippen LogP contribution is 2.70. The van der Waals surface area contributed by atoms with Crippen molar-refractivity contribution in [2.45, 2.75) is 73.4 Å². The van der Waals surface area contributed by atoms with Crippen LogP contribution in [-0.4, -0.2) is 50.4 Å². The third kappa shape index (κ3) is 4.05. The number of carbonyl (C=O) groups is 2. The van der Waals surface area contributed by atoms with E-state index in [9.17, 15) is 24.0 Å². The molecular weight excluding hydrogens is 566 g/mol. The van der Waals surface area contributed by atoms with Crippen molar-refractivity contribution in [1.82, 2.24) is 0 Å². The van der Waals surface area contributed by atoms with E-state index >= 15 is 0 Å². The first-order chi connectivity index (χ1) is 20.5. The molecule has 3 saturated carbocycles. The van der Waals surface area contributed by atoms with Gasteiger partial charge in [-0.2, -0.15) is 0 Å². The maximum Gasteiger partial charge on any atom is 0.193 e. The molecular formula is C34H37NO7S. The van der Waals surface area contributed by atoms with Gasteiger partial charge in [0.1, 0.15) is 6.61 Å². The number of aliphatic hydroxyl groups is 2. The van der Waals surface area contributed by atoms with Gasteiger partial charge in [0.25, 0.3) is 0 Å². The first-order valence-corrected chi connectivity index (χ1v) is 16.1. The summed E-state index contributed by atoms with van der Waals surface area (Å²) in [6.07, 6.45) is 5.45. The largest absolute Gasteiger partial charge is 0.399 e. The monoisotopic (exact) mass is 603 g/mol. The van der Waals surface area contributed by atoms with Gasteiger partial charge in [-0.1, -0.05) is 37.6 Å². The van der Waals surface area contributed by atoms with Gasteiger partial charge in [0.2, 0.25) is 0 Å². The maximum atomic E-state index is 13.8. The van der Waals surface area contributed by atoms with Crippen molar-refractivity contribution in [3.05, 3.63) is 77.9 Å². The lowest BCUT2D eigenvalue weighted by Gasteiger charge is -2.59. The Bertz CT molecular complexity index is 1590. The van der Waals surface area contributed by atoms with E-state index in [1.807, 2.05) is 19.1 Å². The normalized spacial score (nSPS) is 40.2. The summed E-state index contributed by atoms with van der Waals surface area (Å²) in [6, 6.07) is 14.0. The molecule has 8 nitrogen and oxygen atoms in total. The molecule has 10 atom stereocenters. The number of nitrogens with two attached hydrogens (primary N) is 1. The third-order valence-electron chi connectivity index (χ3n) is 11.2. The van der Waals surface area contributed by atoms with E-state index in [2.05, 4.69) is 6.92 Å². The fraction of sp³-hybridized carbons (Fsp3) is 0.471. The minimum absolute atomic E-state index is 0.0103. The van der Waals surface area contributed by atoms with Gasteiger partial charge in [0.05, 0.1) is 23.0 Å². The van der Waals surface area contributed by atoms with Crippen LogP contribution in [0.5, 0.6) is 0 Å². The smallest absolute Gasteiger partial charge is 0.193 e. The van der Waals surface area contributed by atoms with Gasteiger partial charge in [0, 0.05) is 37.8 Å². The number of nitrogen functional groups attached to an aromatic ring is 1. The van der Waals surface area contributed by atoms with Crippen LogP contribution in [0, 0.1) is 28.6 Å². The lowest BCUT2D eigenvalue weighted by atomic mass is 9.46. The highest BCUT2D eigenvalue weighted by molar-refractivity contribution is 7.85. The topological polar surface area (TPSA) is 136 Å². The molecule has 226 valence electrons. The zero-order valence-corrected chi connectivity index (χ0v) is 25.1. The molecule has 4 fully saturated rings. The Morgan fingerprint density at radius 2 is 1.91 bits per heavy atom. The summed E-state index contributed by atoms with van der Waals surface area (Å²) in [5.74, 6) is -0.470. The van der Waals surface area contributed by atoms with Gasteiger partial charge in [-0.3, -0.25) is 9.59 Å². The molecule has 2 aromatic rings. The van der Waals surface area contributed by atoms with Crippen LogP contribution in [0.15, 0.2) is 82.1 Å². The minimum atomic E-state index is -1.46. The number of carbonyl (C=O) groups excluding carboxylic acids is 2. The lowest BCUT2D eigenvalue weighted by Crippen LogP contribution is -2.63. The number of ketones is 2. The van der Waals surface area contributed by atoms with Crippen molar-refractivity contribution in [2.24, 2.45) is 28.6 Å². The predicted molar refractivity (Wildman–Crippen MR) is 159 cm³/mol. The first kappa shape index (κ1) is 28.8. The zero-order valence-electron chi connectivity index (χ0n) is 24.3. The molecule has 1 unspecified atom stereocenters. The zero-order chi connectivity index (χ0) is 30.3. The number of rotatable bonds is 5. The van der Waals surface area contributed by atoms with Gasteiger partial charge in [-0.15, -0.1) is 0 Å². The van der Waals surface area contributed by atoms with Crippen molar-refractivity contribution in [3.63, 3.8) is 0 Å². The average molecular weight is 604 g/mol. The quantitative estimate of drug-likeness (QED) is 0.436. The molecule has 4 aliphatic carbocycles. The summed E-state index contributed by atoms with van der Waals surface area (Å²) in [4.78, 5) is 27.1. The number of fused-ring (bicyclic) bond motifs is 7. The molecule has 43 heavy (non-hydrogen) atoms. The van der Waals surface area contributed by atoms with E-state index < -0.39 is 58.1 Å². The Balaban J connectivity index is 1.22. The van der Waals surface area contributed by atoms with Gasteiger partial charge in [0.15, 0.2) is 23.5 Å². The van der Waals surface area contributed by atoms with Gasteiger partial charge < -0.3 is 25.4 Å². The lowest BCUT2D eigenvalue weighted by molar-refractivity contribution is -0.201. The Labute approximate surface area is 253 Å². The number of hydrogen-bond acceptors (Lipinski definition) is 8. The number of Topliss-reactive ketones (excluding diaryl/α,β-unsaturated/α-hetero) is 1. The molecule has 1 saturated heterocycles. The number of allylic oxidation sites excluding steroid dienone is 4. The molecule has 1 aliphatic heterocycles. The summed E-state index contributed by atoms with van der Waals surface area (Å²) >= 11 is 0. The third-order valence-corrected chi connectivity index (χ3v) is 12.6. The Kier molecular flexibility index (Phi) is 6.72. The fourth-order valence-electron chi connectivity index (χ4n) is 9.34. The van der Waals surface area contributed by atoms with Crippen LogP contribution in [0.2, 0.25) is 0 Å². The standard InChI is InChI=1S/C34H37NO7S/c1-32-13-12-22(37)15-20(32)6-11-25-26-16-29-34(28(39)18-36,33(26,2)17-27(38)30(25)32)42-31(41-29)19-4-3-5-24(14-19)43(40)23-9-7-21(35)8-10-23/h3-5,7-10,12-15,25-27,29-31,36,38H,6,11,16-18,35H2,1-2H3/t25-,26-,27-,29+,30+,31+,32-,33-,34+,43?/m0/s1. The van der Waals surface area contributed by atoms with Crippen LogP contribution in [-0.2, 0) is 29.9 Å². The number of aliphatic hydroxyl groups excluding tert-OH is 2. The molecule has 4 N–H and O–H groups in total. The van der Waals surface area contributed by atoms with E-state index in [0.717, 1.165) is 18.4 Å². The molecule has 0 spiro atoms. The number of anilines is 1. The minimum Gasteiger partial charge on any atom is -0.399 e. The van der Waals surface area contributed by atoms with E-state index in [4.69, 9.17) is 15.2 Å². The second-order valence-electron chi connectivity index (χ2n) is 13.2. The molecule has 7 rings (SSSR count). The Morgan fingerprint density at radius 1 is 1.14 bits per heavy atom. The van der Waals surface area contributed by atoms with Crippen LogP contribution in [0.3, 0.4) is 0 Å². The predicted octanol–water partition coefficient (Wildman–Crippen LogP) is 4.04. The van der Waals surface area contributed by atoms with Crippen LogP contribution in [0.25, 0.3) is 0 Å². The number of hydrogen-bond donors (Lipinski definition) is 3. The summed E-state index contributed by atoms with van der Waals surface area (Å²) in [6.45, 7) is 3.42. The van der Waals surface area contributed by atoms with E-state index in [1.54, 1.807) is 54.6 Å². The summed E-state index contributed by atoms with van der Waals surface area (Å²) in [7, 11) is -1.46. The average Bonchev–Trinajstić information content (AvgIpc) is 3.50. The molecule has 5 aliphatic rings. The summed E-state index contributed by atoms with van der Waals surface area (Å²) in [5, 5.41) is 22.1. The molecule has 0 amide bonds. The van der Waals surface area contributed by atoms with Crippen molar-refractivity contribution < 1.29 is 33.5 Å². The molecule has 1 heterocycles. The van der Waals surface area contributed by atoms with E-state index in [0.29, 0.717) is 33.9 Å². The van der Waals surface area contributed by atoms with Crippen LogP contribution >= 0.6 is 0 Å². The summed E-state index contributed by atoms with van der Waals surface area (Å²) < 4.78 is 26.6. The molecule has 0 bridgehead atoms. The number of benzene rings is 2. The number of ether oxygens (including phenoxy) is 2. The first-order valence-electron chi connectivity index (χ1n) is 15.0. The molecule has 0 aromatic heterocycles. The highest BCUT2D eigenvalue weighted by atomic mass is 32.2. The van der Waals surface area contributed by atoms with Gasteiger partial charge >= 0.3 is 0 Å². The van der Waals surface area contributed by atoms with Crippen molar-refractivity contribution in [2.75, 3.05) is 12.3 Å². The highest BCUT2D eigenvalue weighted by Gasteiger charge is 2.75. The van der Waals surface area contributed by atoms with Crippen molar-refractivity contribution in [1.29, 1.82) is 0 Å². The van der Waals surface area contributed by atoms with Gasteiger partial charge in [-0.05, 0) is 86.1 Å². The molecule has 9 heteroatoms. The molecule has 2 aromatic carbocycles. The van der Waals surface area contributed by atoms with Crippen molar-refractivity contribution in [3.8, 4) is 0 Å². The second kappa shape index (κ2) is 10.0. The SMILES string of the molecule is C[C@]12C=CC(=O)C=C1CC[C@@H]1[C@@H]2[C@@H](O)C[C@@]2(C)[C@H]1C[C@H]1O[C@@H](c3cccc(S(=O)c4ccc(N)cc4)c3)O[C@]12C(=O)CO. The van der Waals surface area contributed by atoms with Gasteiger partial charge in [-0.25, -0.2) is 4.21 Å². The second-order valence-corrected chi connectivity index (χ2v) is 14.7. The van der Waals surface area contributed by atoms with Crippen LogP contribution in [0.4, 0.5) is 5.69 Å². The van der Waals surface area contributed by atoms with Crippen LogP contribution in [0.1, 0.15) is 51.4 Å².